The van der Waals surface area contributed by atoms with Gasteiger partial charge in [-0.1, -0.05) is 67.8 Å². The number of hydrogen-bond donors (Lipinski definition) is 0. The quantitative estimate of drug-likeness (QED) is 0.484. The summed E-state index contributed by atoms with van der Waals surface area (Å²) in [5.74, 6) is 0. The summed E-state index contributed by atoms with van der Waals surface area (Å²) in [6.07, 6.45) is 11.2. The minimum Gasteiger partial charge on any atom is -0.257 e. The maximum Gasteiger partial charge on any atom is 0.0659 e. The van der Waals surface area contributed by atoms with E-state index in [0.717, 1.165) is 11.3 Å². The molecule has 0 saturated heterocycles. The molecule has 0 atom stereocenters. The predicted molar refractivity (Wildman–Crippen MR) is 90.8 cm³/mol. The minimum atomic E-state index is 0.903. The van der Waals surface area contributed by atoms with E-state index in [9.17, 15) is 0 Å². The van der Waals surface area contributed by atoms with Gasteiger partial charge >= 0.3 is 0 Å². The molecule has 0 N–H and O–H groups in total. The van der Waals surface area contributed by atoms with Crippen LogP contribution in [0.25, 0.3) is 5.57 Å². The summed E-state index contributed by atoms with van der Waals surface area (Å²) in [5.41, 5.74) is 4.32. The van der Waals surface area contributed by atoms with Crippen molar-refractivity contribution in [1.29, 1.82) is 0 Å². The molecule has 1 rings (SSSR count). The SMILES string of the molecule is C=CC=NC(=C\C)/C(=C/C=C)/C=C(\C)c1ccccc1. The second kappa shape index (κ2) is 8.65. The molecule has 102 valence electrons. The highest BCUT2D eigenvalue weighted by Gasteiger charge is 2.01. The highest BCUT2D eigenvalue weighted by atomic mass is 14.7. The molecule has 0 aliphatic heterocycles. The van der Waals surface area contributed by atoms with E-state index < -0.39 is 0 Å². The van der Waals surface area contributed by atoms with E-state index in [0.29, 0.717) is 0 Å². The van der Waals surface area contributed by atoms with Crippen LogP contribution in [0.1, 0.15) is 19.4 Å². The van der Waals surface area contributed by atoms with Gasteiger partial charge in [0.25, 0.3) is 0 Å². The Morgan fingerprint density at radius 1 is 1.10 bits per heavy atom. The van der Waals surface area contributed by atoms with Crippen molar-refractivity contribution in [2.75, 3.05) is 0 Å². The lowest BCUT2D eigenvalue weighted by molar-refractivity contribution is 1.33. The molecule has 0 unspecified atom stereocenters. The number of aliphatic imine (C=N–C) groups is 1. The fourth-order valence-corrected chi connectivity index (χ4v) is 1.80. The summed E-state index contributed by atoms with van der Waals surface area (Å²) in [7, 11) is 0. The molecule has 0 spiro atoms. The summed E-state index contributed by atoms with van der Waals surface area (Å²) in [6, 6.07) is 10.3. The summed E-state index contributed by atoms with van der Waals surface area (Å²) in [4.78, 5) is 4.38. The van der Waals surface area contributed by atoms with Crippen molar-refractivity contribution < 1.29 is 0 Å². The zero-order chi connectivity index (χ0) is 14.8. The third-order valence-electron chi connectivity index (χ3n) is 2.79. The van der Waals surface area contributed by atoms with Crippen molar-refractivity contribution in [2.45, 2.75) is 13.8 Å². The molecule has 0 saturated carbocycles. The van der Waals surface area contributed by atoms with Crippen LogP contribution in [0.5, 0.6) is 0 Å². The monoisotopic (exact) mass is 263 g/mol. The highest BCUT2D eigenvalue weighted by Crippen LogP contribution is 2.20. The third-order valence-corrected chi connectivity index (χ3v) is 2.79. The van der Waals surface area contributed by atoms with Crippen LogP contribution in [0, 0.1) is 0 Å². The van der Waals surface area contributed by atoms with Crippen LogP contribution in [0.15, 0.2) is 90.1 Å². The van der Waals surface area contributed by atoms with E-state index >= 15 is 0 Å². The first-order valence-corrected chi connectivity index (χ1v) is 6.61. The van der Waals surface area contributed by atoms with Gasteiger partial charge in [-0.3, -0.25) is 4.99 Å². The van der Waals surface area contributed by atoms with Crippen LogP contribution < -0.4 is 0 Å². The normalized spacial score (nSPS) is 13.6. The number of nitrogens with zero attached hydrogens (tertiary/aromatic N) is 1. The summed E-state index contributed by atoms with van der Waals surface area (Å²) < 4.78 is 0. The molecule has 0 amide bonds. The van der Waals surface area contributed by atoms with Gasteiger partial charge in [-0.2, -0.15) is 0 Å². The Bertz CT molecular complexity index is 569. The van der Waals surface area contributed by atoms with Gasteiger partial charge in [0.15, 0.2) is 0 Å². The smallest absolute Gasteiger partial charge is 0.0659 e. The molecule has 0 aliphatic rings. The van der Waals surface area contributed by atoms with Crippen LogP contribution in [0.2, 0.25) is 0 Å². The Balaban J connectivity index is 3.16. The Kier molecular flexibility index (Phi) is 6.77. The van der Waals surface area contributed by atoms with Crippen molar-refractivity contribution >= 4 is 11.8 Å². The summed E-state index contributed by atoms with van der Waals surface area (Å²) in [5, 5.41) is 0. The van der Waals surface area contributed by atoms with Crippen molar-refractivity contribution in [1.82, 2.24) is 0 Å². The number of hydrogen-bond acceptors (Lipinski definition) is 1. The maximum absolute atomic E-state index is 4.38. The fraction of sp³-hybridized carbons (Fsp3) is 0.105. The van der Waals surface area contributed by atoms with Gasteiger partial charge in [0, 0.05) is 11.8 Å². The van der Waals surface area contributed by atoms with E-state index in [2.05, 4.69) is 43.3 Å². The lowest BCUT2D eigenvalue weighted by Crippen LogP contribution is -1.87. The van der Waals surface area contributed by atoms with Crippen LogP contribution in [0.4, 0.5) is 0 Å². The highest BCUT2D eigenvalue weighted by molar-refractivity contribution is 5.73. The second-order valence-electron chi connectivity index (χ2n) is 4.24. The van der Waals surface area contributed by atoms with E-state index in [-0.39, 0.29) is 0 Å². The van der Waals surface area contributed by atoms with Gasteiger partial charge in [-0.25, -0.2) is 0 Å². The van der Waals surface area contributed by atoms with E-state index in [4.69, 9.17) is 0 Å². The minimum absolute atomic E-state index is 0.903. The maximum atomic E-state index is 4.38. The fourth-order valence-electron chi connectivity index (χ4n) is 1.80. The molecule has 0 aliphatic carbocycles. The zero-order valence-corrected chi connectivity index (χ0v) is 12.2. The van der Waals surface area contributed by atoms with E-state index in [1.54, 1.807) is 18.4 Å². The van der Waals surface area contributed by atoms with Gasteiger partial charge < -0.3 is 0 Å². The molecule has 0 fully saturated rings. The van der Waals surface area contributed by atoms with Crippen LogP contribution in [-0.4, -0.2) is 6.21 Å². The lowest BCUT2D eigenvalue weighted by Gasteiger charge is -2.06. The number of rotatable bonds is 6. The predicted octanol–water partition coefficient (Wildman–Crippen LogP) is 5.36. The largest absolute Gasteiger partial charge is 0.257 e. The molecule has 0 aromatic heterocycles. The Morgan fingerprint density at radius 3 is 2.35 bits per heavy atom. The van der Waals surface area contributed by atoms with Crippen LogP contribution in [0.3, 0.4) is 0 Å². The Morgan fingerprint density at radius 2 is 1.80 bits per heavy atom. The first-order chi connectivity index (χ1) is 9.72. The van der Waals surface area contributed by atoms with Crippen molar-refractivity contribution in [3.63, 3.8) is 0 Å². The van der Waals surface area contributed by atoms with Gasteiger partial charge in [0.05, 0.1) is 5.70 Å². The van der Waals surface area contributed by atoms with Crippen LogP contribution >= 0.6 is 0 Å². The third kappa shape index (κ3) is 4.69. The van der Waals surface area contributed by atoms with Gasteiger partial charge in [0.1, 0.15) is 0 Å². The molecule has 0 radical (unpaired) electrons. The molecular weight excluding hydrogens is 242 g/mol. The summed E-state index contributed by atoms with van der Waals surface area (Å²) >= 11 is 0. The van der Waals surface area contributed by atoms with Gasteiger partial charge in [-0.15, -0.1) is 0 Å². The number of allylic oxidation sites excluding steroid dienone is 6. The summed E-state index contributed by atoms with van der Waals surface area (Å²) in [6.45, 7) is 11.5. The first kappa shape index (κ1) is 15.6. The standard InChI is InChI=1S/C19H21N/c1-5-11-18(19(7-3)20-14-6-2)15-16(4)17-12-9-8-10-13-17/h5-15H,1-2H2,3-4H3/b16-15+,18-11+,19-7-,20-14?. The topological polar surface area (TPSA) is 12.4 Å². The van der Waals surface area contributed by atoms with Crippen molar-refractivity contribution in [2.24, 2.45) is 4.99 Å². The molecule has 1 heteroatoms. The average molecular weight is 263 g/mol. The Labute approximate surface area is 122 Å². The molecule has 1 aromatic rings. The molecule has 1 aromatic carbocycles. The van der Waals surface area contributed by atoms with Crippen LogP contribution in [-0.2, 0) is 0 Å². The second-order valence-corrected chi connectivity index (χ2v) is 4.24. The molecule has 1 nitrogen and oxygen atoms in total. The number of benzene rings is 1. The van der Waals surface area contributed by atoms with Crippen molar-refractivity contribution in [3.8, 4) is 0 Å². The molecule has 20 heavy (non-hydrogen) atoms. The van der Waals surface area contributed by atoms with Crippen molar-refractivity contribution in [3.05, 3.63) is 90.7 Å². The zero-order valence-electron chi connectivity index (χ0n) is 12.2. The lowest BCUT2D eigenvalue weighted by atomic mass is 10.0. The molecular formula is C19H21N. The van der Waals surface area contributed by atoms with Gasteiger partial charge in [-0.05, 0) is 31.1 Å². The van der Waals surface area contributed by atoms with E-state index in [1.165, 1.54) is 11.1 Å². The molecule has 0 bridgehead atoms. The molecule has 0 heterocycles. The first-order valence-electron chi connectivity index (χ1n) is 6.61. The van der Waals surface area contributed by atoms with E-state index in [1.807, 2.05) is 37.3 Å². The van der Waals surface area contributed by atoms with Gasteiger partial charge in [0.2, 0.25) is 0 Å². The average Bonchev–Trinajstić information content (AvgIpc) is 2.49. The Hall–Kier alpha value is -2.41.